The summed E-state index contributed by atoms with van der Waals surface area (Å²) in [6.07, 6.45) is 0.143. The molecule has 1 amide bonds. The van der Waals surface area contributed by atoms with Gasteiger partial charge in [-0.1, -0.05) is 15.9 Å². The number of benzene rings is 1. The molecule has 0 N–H and O–H groups in total. The van der Waals surface area contributed by atoms with E-state index in [4.69, 9.17) is 9.47 Å². The van der Waals surface area contributed by atoms with Crippen LogP contribution in [-0.2, 0) is 9.53 Å². The Morgan fingerprint density at radius 3 is 2.60 bits per heavy atom. The maximum absolute atomic E-state index is 12.2. The van der Waals surface area contributed by atoms with Crippen molar-refractivity contribution in [3.05, 3.63) is 27.1 Å². The van der Waals surface area contributed by atoms with Gasteiger partial charge in [-0.2, -0.15) is 0 Å². The van der Waals surface area contributed by atoms with E-state index < -0.39 is 0 Å². The topological polar surface area (TPSA) is 38.8 Å². The Kier molecular flexibility index (Phi) is 5.46. The number of amides is 1. The van der Waals surface area contributed by atoms with Crippen molar-refractivity contribution in [2.75, 3.05) is 19.7 Å². The van der Waals surface area contributed by atoms with E-state index in [1.807, 2.05) is 32.0 Å². The Labute approximate surface area is 135 Å². The molecule has 0 aromatic heterocycles. The van der Waals surface area contributed by atoms with Crippen LogP contribution in [0.5, 0.6) is 5.75 Å². The van der Waals surface area contributed by atoms with Crippen molar-refractivity contribution in [1.82, 2.24) is 4.90 Å². The fourth-order valence-corrected chi connectivity index (χ4v) is 3.37. The van der Waals surface area contributed by atoms with Crippen LogP contribution in [-0.4, -0.2) is 42.7 Å². The molecule has 1 saturated heterocycles. The van der Waals surface area contributed by atoms with Crippen LogP contribution in [0, 0.1) is 0 Å². The van der Waals surface area contributed by atoms with Gasteiger partial charge < -0.3 is 14.4 Å². The molecule has 1 aliphatic rings. The molecule has 1 fully saturated rings. The lowest BCUT2D eigenvalue weighted by atomic mass is 10.2. The van der Waals surface area contributed by atoms with Gasteiger partial charge >= 0.3 is 0 Å². The molecule has 110 valence electrons. The highest BCUT2D eigenvalue weighted by atomic mass is 79.9. The van der Waals surface area contributed by atoms with Gasteiger partial charge in [-0.05, 0) is 48.0 Å². The zero-order valence-corrected chi connectivity index (χ0v) is 14.6. The number of hydrogen-bond donors (Lipinski definition) is 0. The zero-order valence-electron chi connectivity index (χ0n) is 11.4. The third-order valence-corrected chi connectivity index (χ3v) is 4.13. The van der Waals surface area contributed by atoms with Gasteiger partial charge in [0.15, 0.2) is 6.61 Å². The molecule has 0 radical (unpaired) electrons. The summed E-state index contributed by atoms with van der Waals surface area (Å²) >= 11 is 6.79. The second-order valence-corrected chi connectivity index (χ2v) is 6.69. The second kappa shape index (κ2) is 6.91. The number of carbonyl (C=O) groups excluding carboxylic acids is 1. The van der Waals surface area contributed by atoms with Crippen LogP contribution in [0.1, 0.15) is 13.8 Å². The summed E-state index contributed by atoms with van der Waals surface area (Å²) in [5.41, 5.74) is 0. The predicted molar refractivity (Wildman–Crippen MR) is 83.9 cm³/mol. The van der Waals surface area contributed by atoms with Crippen LogP contribution >= 0.6 is 31.9 Å². The minimum atomic E-state index is -0.0122. The first kappa shape index (κ1) is 15.8. The summed E-state index contributed by atoms with van der Waals surface area (Å²) in [7, 11) is 0. The quantitative estimate of drug-likeness (QED) is 0.773. The number of rotatable bonds is 3. The molecule has 0 bridgehead atoms. The molecular formula is C14H17Br2NO3. The lowest BCUT2D eigenvalue weighted by Crippen LogP contribution is -2.49. The molecule has 20 heavy (non-hydrogen) atoms. The first-order valence-electron chi connectivity index (χ1n) is 6.47. The fraction of sp³-hybridized carbons (Fsp3) is 0.500. The van der Waals surface area contributed by atoms with Crippen molar-refractivity contribution in [3.63, 3.8) is 0 Å². The fourth-order valence-electron chi connectivity index (χ4n) is 2.20. The maximum Gasteiger partial charge on any atom is 0.260 e. The Morgan fingerprint density at radius 2 is 2.00 bits per heavy atom. The van der Waals surface area contributed by atoms with Gasteiger partial charge in [0.25, 0.3) is 5.91 Å². The molecule has 1 aromatic carbocycles. The number of ether oxygens (including phenoxy) is 2. The lowest BCUT2D eigenvalue weighted by molar-refractivity contribution is -0.145. The van der Waals surface area contributed by atoms with Crippen LogP contribution in [0.4, 0.5) is 0 Å². The van der Waals surface area contributed by atoms with Crippen LogP contribution < -0.4 is 4.74 Å². The van der Waals surface area contributed by atoms with Crippen LogP contribution in [0.15, 0.2) is 27.1 Å². The van der Waals surface area contributed by atoms with Gasteiger partial charge in [0, 0.05) is 17.6 Å². The molecule has 1 aliphatic heterocycles. The summed E-state index contributed by atoms with van der Waals surface area (Å²) in [4.78, 5) is 14.0. The minimum absolute atomic E-state index is 0.0122. The average Bonchev–Trinajstić information content (AvgIpc) is 2.36. The van der Waals surface area contributed by atoms with E-state index in [-0.39, 0.29) is 24.7 Å². The van der Waals surface area contributed by atoms with Crippen LogP contribution in [0.3, 0.4) is 0 Å². The van der Waals surface area contributed by atoms with E-state index >= 15 is 0 Å². The average molecular weight is 407 g/mol. The lowest BCUT2D eigenvalue weighted by Gasteiger charge is -2.35. The van der Waals surface area contributed by atoms with Gasteiger partial charge in [-0.15, -0.1) is 0 Å². The highest BCUT2D eigenvalue weighted by Gasteiger charge is 2.26. The van der Waals surface area contributed by atoms with Crippen molar-refractivity contribution in [1.29, 1.82) is 0 Å². The number of nitrogens with zero attached hydrogens (tertiary/aromatic N) is 1. The largest absolute Gasteiger partial charge is 0.483 e. The van der Waals surface area contributed by atoms with Crippen molar-refractivity contribution in [2.45, 2.75) is 26.1 Å². The number of morpholine rings is 1. The molecule has 0 spiro atoms. The molecule has 2 rings (SSSR count). The Morgan fingerprint density at radius 1 is 1.35 bits per heavy atom. The summed E-state index contributed by atoms with van der Waals surface area (Å²) in [6.45, 7) is 5.23. The summed E-state index contributed by atoms with van der Waals surface area (Å²) < 4.78 is 13.0. The van der Waals surface area contributed by atoms with E-state index in [1.165, 1.54) is 0 Å². The standard InChI is InChI=1S/C14H17Br2NO3/c1-9-6-17(7-10(2)20-9)14(18)8-19-13-4-3-11(15)5-12(13)16/h3-5,9-10H,6-8H2,1-2H3/t9-,10-/m0/s1. The normalized spacial score (nSPS) is 22.7. The molecule has 0 saturated carbocycles. The SMILES string of the molecule is C[C@H]1CN(C(=O)COc2ccc(Br)cc2Br)C[C@H](C)O1. The molecule has 0 unspecified atom stereocenters. The van der Waals surface area contributed by atoms with Gasteiger partial charge in [0.1, 0.15) is 5.75 Å². The second-order valence-electron chi connectivity index (χ2n) is 4.92. The Balaban J connectivity index is 1.91. The van der Waals surface area contributed by atoms with Gasteiger partial charge in [0.2, 0.25) is 0 Å². The molecular weight excluding hydrogens is 390 g/mol. The van der Waals surface area contributed by atoms with Crippen molar-refractivity contribution < 1.29 is 14.3 Å². The minimum Gasteiger partial charge on any atom is -0.483 e. The van der Waals surface area contributed by atoms with Gasteiger partial charge in [-0.3, -0.25) is 4.79 Å². The van der Waals surface area contributed by atoms with Crippen LogP contribution in [0.25, 0.3) is 0 Å². The highest BCUT2D eigenvalue weighted by molar-refractivity contribution is 9.11. The molecule has 4 nitrogen and oxygen atoms in total. The monoisotopic (exact) mass is 405 g/mol. The van der Waals surface area contributed by atoms with Crippen LogP contribution in [0.2, 0.25) is 0 Å². The third-order valence-electron chi connectivity index (χ3n) is 3.02. The van der Waals surface area contributed by atoms with Crippen molar-refractivity contribution in [2.24, 2.45) is 0 Å². The van der Waals surface area contributed by atoms with E-state index in [9.17, 15) is 4.79 Å². The summed E-state index contributed by atoms with van der Waals surface area (Å²) in [5.74, 6) is 0.651. The van der Waals surface area contributed by atoms with Gasteiger partial charge in [-0.25, -0.2) is 0 Å². The third kappa shape index (κ3) is 4.20. The van der Waals surface area contributed by atoms with E-state index in [2.05, 4.69) is 31.9 Å². The number of hydrogen-bond acceptors (Lipinski definition) is 3. The van der Waals surface area contributed by atoms with Crippen molar-refractivity contribution in [3.8, 4) is 5.75 Å². The molecule has 6 heteroatoms. The maximum atomic E-state index is 12.2. The summed E-state index contributed by atoms with van der Waals surface area (Å²) in [5, 5.41) is 0. The molecule has 2 atom stereocenters. The number of halogens is 2. The first-order chi connectivity index (χ1) is 9.45. The van der Waals surface area contributed by atoms with Gasteiger partial charge in [0.05, 0.1) is 16.7 Å². The Bertz CT molecular complexity index is 485. The molecule has 0 aliphatic carbocycles. The first-order valence-corrected chi connectivity index (χ1v) is 8.05. The summed E-state index contributed by atoms with van der Waals surface area (Å²) in [6, 6.07) is 5.59. The zero-order chi connectivity index (χ0) is 14.7. The molecule has 1 heterocycles. The predicted octanol–water partition coefficient (Wildman–Crippen LogP) is 3.23. The van der Waals surface area contributed by atoms with E-state index in [1.54, 1.807) is 4.90 Å². The highest BCUT2D eigenvalue weighted by Crippen LogP contribution is 2.28. The van der Waals surface area contributed by atoms with E-state index in [0.29, 0.717) is 18.8 Å². The molecule has 1 aromatic rings. The smallest absolute Gasteiger partial charge is 0.260 e. The van der Waals surface area contributed by atoms with Crippen molar-refractivity contribution >= 4 is 37.8 Å². The van der Waals surface area contributed by atoms with E-state index in [0.717, 1.165) is 8.95 Å². The number of carbonyl (C=O) groups is 1. The Hall–Kier alpha value is -0.590.